The van der Waals surface area contributed by atoms with Gasteiger partial charge in [0.05, 0.1) is 17.7 Å². The standard InChI is InChI=1S/C15H20ClNO2S/c1-11-6-8-17(13(11)10-18)15(19)7-9-20-14-5-3-2-4-12(14)16/h2-5,11,13,18H,6-10H2,1H3. The Labute approximate surface area is 129 Å². The summed E-state index contributed by atoms with van der Waals surface area (Å²) in [6.07, 6.45) is 1.47. The van der Waals surface area contributed by atoms with Gasteiger partial charge in [0, 0.05) is 23.6 Å². The van der Waals surface area contributed by atoms with Gasteiger partial charge in [0.2, 0.25) is 5.91 Å². The molecule has 0 aliphatic carbocycles. The first kappa shape index (κ1) is 15.7. The van der Waals surface area contributed by atoms with Gasteiger partial charge in [-0.3, -0.25) is 4.79 Å². The van der Waals surface area contributed by atoms with Gasteiger partial charge in [-0.25, -0.2) is 0 Å². The molecule has 1 aromatic carbocycles. The molecule has 1 heterocycles. The average molecular weight is 314 g/mol. The lowest BCUT2D eigenvalue weighted by molar-refractivity contribution is -0.132. The van der Waals surface area contributed by atoms with Crippen molar-refractivity contribution < 1.29 is 9.90 Å². The number of thioether (sulfide) groups is 1. The van der Waals surface area contributed by atoms with Crippen molar-refractivity contribution >= 4 is 29.3 Å². The second-order valence-electron chi connectivity index (χ2n) is 5.13. The SMILES string of the molecule is CC1CCN(C(=O)CCSc2ccccc2Cl)C1CO. The third-order valence-corrected chi connectivity index (χ3v) is 5.32. The molecular formula is C15H20ClNO2S. The fourth-order valence-corrected chi connectivity index (χ4v) is 3.73. The number of aliphatic hydroxyl groups excluding tert-OH is 1. The number of rotatable bonds is 5. The van der Waals surface area contributed by atoms with E-state index in [1.165, 1.54) is 0 Å². The number of halogens is 1. The lowest BCUT2D eigenvalue weighted by Crippen LogP contribution is -2.39. The van der Waals surface area contributed by atoms with Crippen molar-refractivity contribution in [3.8, 4) is 0 Å². The number of likely N-dealkylation sites (tertiary alicyclic amines) is 1. The van der Waals surface area contributed by atoms with E-state index in [1.807, 2.05) is 29.2 Å². The summed E-state index contributed by atoms with van der Waals surface area (Å²) in [4.78, 5) is 15.0. The molecule has 3 nitrogen and oxygen atoms in total. The molecule has 1 saturated heterocycles. The average Bonchev–Trinajstić information content (AvgIpc) is 2.82. The third-order valence-electron chi connectivity index (χ3n) is 3.80. The summed E-state index contributed by atoms with van der Waals surface area (Å²) in [5.41, 5.74) is 0. The highest BCUT2D eigenvalue weighted by Crippen LogP contribution is 2.28. The summed E-state index contributed by atoms with van der Waals surface area (Å²) >= 11 is 7.68. The molecule has 2 rings (SSSR count). The Morgan fingerprint density at radius 3 is 2.95 bits per heavy atom. The smallest absolute Gasteiger partial charge is 0.223 e. The lowest BCUT2D eigenvalue weighted by Gasteiger charge is -2.25. The molecule has 20 heavy (non-hydrogen) atoms. The second kappa shape index (κ2) is 7.34. The highest BCUT2D eigenvalue weighted by Gasteiger charge is 2.33. The lowest BCUT2D eigenvalue weighted by atomic mass is 10.0. The first-order chi connectivity index (χ1) is 9.63. The van der Waals surface area contributed by atoms with Gasteiger partial charge < -0.3 is 10.0 Å². The zero-order chi connectivity index (χ0) is 14.5. The Kier molecular flexibility index (Phi) is 5.75. The summed E-state index contributed by atoms with van der Waals surface area (Å²) in [6, 6.07) is 7.66. The highest BCUT2D eigenvalue weighted by molar-refractivity contribution is 7.99. The van der Waals surface area contributed by atoms with E-state index >= 15 is 0 Å². The molecule has 0 saturated carbocycles. The minimum atomic E-state index is -0.00665. The summed E-state index contributed by atoms with van der Waals surface area (Å²) in [7, 11) is 0. The number of carbonyl (C=O) groups is 1. The number of hydrogen-bond acceptors (Lipinski definition) is 3. The quantitative estimate of drug-likeness (QED) is 0.849. The first-order valence-electron chi connectivity index (χ1n) is 6.91. The molecule has 5 heteroatoms. The van der Waals surface area contributed by atoms with E-state index in [9.17, 15) is 9.90 Å². The Morgan fingerprint density at radius 2 is 2.25 bits per heavy atom. The Bertz CT molecular complexity index is 469. The first-order valence-corrected chi connectivity index (χ1v) is 8.27. The van der Waals surface area contributed by atoms with Crippen molar-refractivity contribution in [2.75, 3.05) is 18.9 Å². The fourth-order valence-electron chi connectivity index (χ4n) is 2.55. The number of nitrogens with zero attached hydrogens (tertiary/aromatic N) is 1. The Morgan fingerprint density at radius 1 is 1.50 bits per heavy atom. The fraction of sp³-hybridized carbons (Fsp3) is 0.533. The Balaban J connectivity index is 1.82. The van der Waals surface area contributed by atoms with Gasteiger partial charge in [-0.1, -0.05) is 30.7 Å². The maximum atomic E-state index is 12.2. The van der Waals surface area contributed by atoms with Crippen LogP contribution in [-0.4, -0.2) is 40.9 Å². The van der Waals surface area contributed by atoms with Crippen molar-refractivity contribution in [2.24, 2.45) is 5.92 Å². The van der Waals surface area contributed by atoms with E-state index < -0.39 is 0 Å². The van der Waals surface area contributed by atoms with Crippen LogP contribution in [0.4, 0.5) is 0 Å². The monoisotopic (exact) mass is 313 g/mol. The van der Waals surface area contributed by atoms with Gasteiger partial charge in [-0.15, -0.1) is 11.8 Å². The van der Waals surface area contributed by atoms with Crippen LogP contribution in [-0.2, 0) is 4.79 Å². The third kappa shape index (κ3) is 3.68. The minimum Gasteiger partial charge on any atom is -0.394 e. The summed E-state index contributed by atoms with van der Waals surface area (Å²) in [5, 5.41) is 10.1. The van der Waals surface area contributed by atoms with Crippen LogP contribution in [0.15, 0.2) is 29.2 Å². The minimum absolute atomic E-state index is 0.00665. The largest absolute Gasteiger partial charge is 0.394 e. The zero-order valence-electron chi connectivity index (χ0n) is 11.6. The van der Waals surface area contributed by atoms with Gasteiger partial charge in [0.15, 0.2) is 0 Å². The summed E-state index contributed by atoms with van der Waals surface area (Å²) in [5.74, 6) is 1.24. The number of hydrogen-bond donors (Lipinski definition) is 1. The Hall–Kier alpha value is -0.710. The van der Waals surface area contributed by atoms with Crippen LogP contribution in [0, 0.1) is 5.92 Å². The van der Waals surface area contributed by atoms with E-state index in [2.05, 4.69) is 6.92 Å². The predicted octanol–water partition coefficient (Wildman–Crippen LogP) is 3.05. The van der Waals surface area contributed by atoms with Crippen molar-refractivity contribution in [3.05, 3.63) is 29.3 Å². The van der Waals surface area contributed by atoms with E-state index in [-0.39, 0.29) is 18.6 Å². The number of benzene rings is 1. The van der Waals surface area contributed by atoms with Crippen LogP contribution in [0.3, 0.4) is 0 Å². The van der Waals surface area contributed by atoms with Crippen LogP contribution in [0.5, 0.6) is 0 Å². The van der Waals surface area contributed by atoms with Gasteiger partial charge in [-0.2, -0.15) is 0 Å². The van der Waals surface area contributed by atoms with Crippen LogP contribution in [0.25, 0.3) is 0 Å². The molecule has 1 fully saturated rings. The van der Waals surface area contributed by atoms with Crippen molar-refractivity contribution in [2.45, 2.75) is 30.7 Å². The summed E-state index contributed by atoms with van der Waals surface area (Å²) < 4.78 is 0. The van der Waals surface area contributed by atoms with Crippen LogP contribution >= 0.6 is 23.4 Å². The second-order valence-corrected chi connectivity index (χ2v) is 6.68. The topological polar surface area (TPSA) is 40.5 Å². The van der Waals surface area contributed by atoms with E-state index in [1.54, 1.807) is 11.8 Å². The molecule has 110 valence electrons. The van der Waals surface area contributed by atoms with Gasteiger partial charge >= 0.3 is 0 Å². The van der Waals surface area contributed by atoms with Gasteiger partial charge in [-0.05, 0) is 24.5 Å². The normalized spacial score (nSPS) is 22.2. The maximum Gasteiger partial charge on any atom is 0.223 e. The molecule has 0 spiro atoms. The number of carbonyl (C=O) groups excluding carboxylic acids is 1. The molecule has 2 unspecified atom stereocenters. The van der Waals surface area contributed by atoms with Crippen LogP contribution < -0.4 is 0 Å². The summed E-state index contributed by atoms with van der Waals surface area (Å²) in [6.45, 7) is 2.92. The molecule has 1 N–H and O–H groups in total. The molecule has 1 amide bonds. The van der Waals surface area contributed by atoms with E-state index in [0.29, 0.717) is 18.1 Å². The molecule has 0 radical (unpaired) electrons. The maximum absolute atomic E-state index is 12.2. The van der Waals surface area contributed by atoms with Crippen molar-refractivity contribution in [1.29, 1.82) is 0 Å². The van der Waals surface area contributed by atoms with Crippen molar-refractivity contribution in [3.63, 3.8) is 0 Å². The molecule has 1 aliphatic heterocycles. The molecule has 0 aromatic heterocycles. The predicted molar refractivity (Wildman–Crippen MR) is 83.2 cm³/mol. The van der Waals surface area contributed by atoms with E-state index in [4.69, 9.17) is 11.6 Å². The molecular weight excluding hydrogens is 294 g/mol. The zero-order valence-corrected chi connectivity index (χ0v) is 13.2. The van der Waals surface area contributed by atoms with E-state index in [0.717, 1.165) is 22.9 Å². The highest BCUT2D eigenvalue weighted by atomic mass is 35.5. The number of aliphatic hydroxyl groups is 1. The number of amides is 1. The molecule has 1 aromatic rings. The molecule has 2 atom stereocenters. The molecule has 1 aliphatic rings. The van der Waals surface area contributed by atoms with Gasteiger partial charge in [0.1, 0.15) is 0 Å². The van der Waals surface area contributed by atoms with Crippen LogP contribution in [0.1, 0.15) is 19.8 Å². The van der Waals surface area contributed by atoms with Crippen molar-refractivity contribution in [1.82, 2.24) is 4.90 Å². The molecule has 0 bridgehead atoms. The van der Waals surface area contributed by atoms with Crippen LogP contribution in [0.2, 0.25) is 5.02 Å². The van der Waals surface area contributed by atoms with Gasteiger partial charge in [0.25, 0.3) is 0 Å².